The fourth-order valence-electron chi connectivity index (χ4n) is 5.12. The van der Waals surface area contributed by atoms with Crippen molar-refractivity contribution >= 4 is 29.3 Å². The Balaban J connectivity index is 1.56. The lowest BCUT2D eigenvalue weighted by atomic mass is 9.94. The first-order valence-corrected chi connectivity index (χ1v) is 15.2. The van der Waals surface area contributed by atoms with E-state index in [0.29, 0.717) is 17.9 Å². The summed E-state index contributed by atoms with van der Waals surface area (Å²) >= 11 is 1.43. The van der Waals surface area contributed by atoms with E-state index < -0.39 is 11.0 Å². The van der Waals surface area contributed by atoms with Crippen LogP contribution in [0, 0.1) is 10.1 Å². The lowest BCUT2D eigenvalue weighted by Crippen LogP contribution is -2.53. The molecule has 9 heteroatoms. The van der Waals surface area contributed by atoms with E-state index >= 15 is 0 Å². The van der Waals surface area contributed by atoms with E-state index in [1.54, 1.807) is 24.1 Å². The molecule has 1 atom stereocenters. The largest absolute Gasteiger partial charge is 0.497 e. The number of methoxy groups -OCH3 is 1. The Morgan fingerprint density at radius 2 is 1.68 bits per heavy atom. The zero-order valence-corrected chi connectivity index (χ0v) is 24.2. The molecule has 1 aliphatic carbocycles. The molecule has 0 heterocycles. The minimum Gasteiger partial charge on any atom is -0.497 e. The van der Waals surface area contributed by atoms with E-state index in [0.717, 1.165) is 42.4 Å². The number of carbonyl (C=O) groups is 2. The lowest BCUT2D eigenvalue weighted by Gasteiger charge is -2.33. The number of nitrogens with zero attached hydrogens (tertiary/aromatic N) is 2. The van der Waals surface area contributed by atoms with Crippen LogP contribution in [-0.4, -0.2) is 46.6 Å². The molecule has 0 saturated heterocycles. The van der Waals surface area contributed by atoms with Crippen molar-refractivity contribution < 1.29 is 19.2 Å². The van der Waals surface area contributed by atoms with Gasteiger partial charge in [-0.1, -0.05) is 73.9 Å². The number of nitro groups is 1. The molecular weight excluding hydrogens is 538 g/mol. The first-order chi connectivity index (χ1) is 19.9. The van der Waals surface area contributed by atoms with E-state index in [-0.39, 0.29) is 35.8 Å². The standard InChI is InChI=1S/C32H37N3O5S/c1-40-29-14-8-11-26(19-29)21-34(31(36)23-41-22-25-15-17-28(18-16-25)35(38)39)30(20-24-9-4-2-5-10-24)32(37)33-27-12-6-3-7-13-27/h2,4-5,8-11,14-19,27,30H,3,6-7,12-13,20-23H2,1H3,(H,33,37)/t30-/m0/s1. The van der Waals surface area contributed by atoms with Crippen molar-refractivity contribution in [3.8, 4) is 5.75 Å². The summed E-state index contributed by atoms with van der Waals surface area (Å²) in [7, 11) is 1.60. The lowest BCUT2D eigenvalue weighted by molar-refractivity contribution is -0.384. The van der Waals surface area contributed by atoms with Gasteiger partial charge in [-0.2, -0.15) is 0 Å². The average Bonchev–Trinajstić information content (AvgIpc) is 3.00. The molecule has 3 aromatic rings. The number of hydrogen-bond acceptors (Lipinski definition) is 6. The highest BCUT2D eigenvalue weighted by Crippen LogP contribution is 2.23. The zero-order valence-electron chi connectivity index (χ0n) is 23.4. The van der Waals surface area contributed by atoms with Gasteiger partial charge in [-0.3, -0.25) is 19.7 Å². The van der Waals surface area contributed by atoms with Gasteiger partial charge >= 0.3 is 0 Å². The number of non-ortho nitro benzene ring substituents is 1. The molecule has 4 rings (SSSR count). The molecule has 1 aliphatic rings. The predicted molar refractivity (Wildman–Crippen MR) is 162 cm³/mol. The molecule has 8 nitrogen and oxygen atoms in total. The number of amides is 2. The van der Waals surface area contributed by atoms with E-state index in [2.05, 4.69) is 5.32 Å². The van der Waals surface area contributed by atoms with Crippen molar-refractivity contribution in [2.45, 2.75) is 62.9 Å². The Morgan fingerprint density at radius 1 is 0.976 bits per heavy atom. The average molecular weight is 576 g/mol. The van der Waals surface area contributed by atoms with Gasteiger partial charge in [0.25, 0.3) is 5.69 Å². The number of carbonyl (C=O) groups excluding carboxylic acids is 2. The van der Waals surface area contributed by atoms with Crippen LogP contribution in [0.15, 0.2) is 78.9 Å². The third-order valence-corrected chi connectivity index (χ3v) is 8.34. The molecule has 1 N–H and O–H groups in total. The van der Waals surface area contributed by atoms with Gasteiger partial charge in [-0.15, -0.1) is 11.8 Å². The molecule has 1 fully saturated rings. The Hall–Kier alpha value is -3.85. The molecule has 0 aliphatic heterocycles. The normalized spacial score (nSPS) is 14.2. The monoisotopic (exact) mass is 575 g/mol. The Bertz CT molecular complexity index is 1300. The van der Waals surface area contributed by atoms with Crippen molar-refractivity contribution in [3.63, 3.8) is 0 Å². The van der Waals surface area contributed by atoms with Crippen molar-refractivity contribution in [2.24, 2.45) is 0 Å². The maximum absolute atomic E-state index is 13.9. The van der Waals surface area contributed by atoms with Crippen molar-refractivity contribution in [1.29, 1.82) is 0 Å². The number of ether oxygens (including phenoxy) is 1. The van der Waals surface area contributed by atoms with Gasteiger partial charge in [-0.25, -0.2) is 0 Å². The molecule has 216 valence electrons. The number of nitro benzene ring substituents is 1. The Labute approximate surface area is 245 Å². The molecule has 0 spiro atoms. The summed E-state index contributed by atoms with van der Waals surface area (Å²) in [6, 6.07) is 23.2. The van der Waals surface area contributed by atoms with Crippen molar-refractivity contribution in [1.82, 2.24) is 10.2 Å². The van der Waals surface area contributed by atoms with Crippen LogP contribution in [0.1, 0.15) is 48.8 Å². The summed E-state index contributed by atoms with van der Waals surface area (Å²) in [5.41, 5.74) is 2.79. The fraction of sp³-hybridized carbons (Fsp3) is 0.375. The van der Waals surface area contributed by atoms with Crippen LogP contribution in [0.5, 0.6) is 5.75 Å². The second-order valence-electron chi connectivity index (χ2n) is 10.3. The third-order valence-electron chi connectivity index (χ3n) is 7.35. The second-order valence-corrected chi connectivity index (χ2v) is 11.3. The molecule has 3 aromatic carbocycles. The van der Waals surface area contributed by atoms with Crippen LogP contribution in [0.2, 0.25) is 0 Å². The fourth-order valence-corrected chi connectivity index (χ4v) is 5.99. The van der Waals surface area contributed by atoms with E-state index in [9.17, 15) is 19.7 Å². The topological polar surface area (TPSA) is 102 Å². The summed E-state index contributed by atoms with van der Waals surface area (Å²) in [6.07, 6.45) is 5.70. The number of nitrogens with one attached hydrogen (secondary N) is 1. The maximum Gasteiger partial charge on any atom is 0.269 e. The number of hydrogen-bond donors (Lipinski definition) is 1. The van der Waals surface area contributed by atoms with Crippen molar-refractivity contribution in [3.05, 3.63) is 106 Å². The molecule has 1 saturated carbocycles. The first kappa shape index (κ1) is 30.1. The molecular formula is C32H37N3O5S. The summed E-state index contributed by atoms with van der Waals surface area (Å²) in [6.45, 7) is 0.268. The van der Waals surface area contributed by atoms with Gasteiger partial charge in [0.05, 0.1) is 17.8 Å². The number of benzene rings is 3. The number of thioether (sulfide) groups is 1. The van der Waals surface area contributed by atoms with Crippen molar-refractivity contribution in [2.75, 3.05) is 12.9 Å². The van der Waals surface area contributed by atoms with Crippen LogP contribution in [0.4, 0.5) is 5.69 Å². The van der Waals surface area contributed by atoms with Crippen LogP contribution >= 0.6 is 11.8 Å². The highest BCUT2D eigenvalue weighted by atomic mass is 32.2. The predicted octanol–water partition coefficient (Wildman–Crippen LogP) is 5.93. The minimum absolute atomic E-state index is 0.0343. The number of rotatable bonds is 13. The van der Waals surface area contributed by atoms with Gasteiger partial charge < -0.3 is 15.0 Å². The zero-order chi connectivity index (χ0) is 29.0. The second kappa shape index (κ2) is 15.2. The smallest absolute Gasteiger partial charge is 0.269 e. The van der Waals surface area contributed by atoms with Crippen LogP contribution in [-0.2, 0) is 28.3 Å². The van der Waals surface area contributed by atoms with Gasteiger partial charge in [0.1, 0.15) is 11.8 Å². The van der Waals surface area contributed by atoms with E-state index in [1.807, 2.05) is 54.6 Å². The minimum atomic E-state index is -0.682. The van der Waals surface area contributed by atoms with Gasteiger partial charge in [-0.05, 0) is 41.7 Å². The molecule has 41 heavy (non-hydrogen) atoms. The summed E-state index contributed by atoms with van der Waals surface area (Å²) in [4.78, 5) is 40.0. The highest BCUT2D eigenvalue weighted by Gasteiger charge is 2.32. The van der Waals surface area contributed by atoms with Crippen LogP contribution < -0.4 is 10.1 Å². The van der Waals surface area contributed by atoms with E-state index in [4.69, 9.17) is 4.74 Å². The van der Waals surface area contributed by atoms with Gasteiger partial charge in [0.15, 0.2) is 0 Å². The third kappa shape index (κ3) is 9.08. The molecule has 0 aromatic heterocycles. The molecule has 0 unspecified atom stereocenters. The quantitative estimate of drug-likeness (QED) is 0.200. The van der Waals surface area contributed by atoms with Gasteiger partial charge in [0.2, 0.25) is 11.8 Å². The summed E-state index contributed by atoms with van der Waals surface area (Å²) in [5, 5.41) is 14.2. The Morgan fingerprint density at radius 3 is 2.37 bits per heavy atom. The van der Waals surface area contributed by atoms with Crippen LogP contribution in [0.25, 0.3) is 0 Å². The maximum atomic E-state index is 13.9. The molecule has 0 radical (unpaired) electrons. The molecule has 2 amide bonds. The molecule has 0 bridgehead atoms. The van der Waals surface area contributed by atoms with Crippen LogP contribution in [0.3, 0.4) is 0 Å². The highest BCUT2D eigenvalue weighted by molar-refractivity contribution is 7.99. The SMILES string of the molecule is COc1cccc(CN(C(=O)CSCc2ccc([N+](=O)[O-])cc2)[C@@H](Cc2ccccc2)C(=O)NC2CCCCC2)c1. The Kier molecular flexibility index (Phi) is 11.2. The van der Waals surface area contributed by atoms with E-state index in [1.165, 1.54) is 30.3 Å². The summed E-state index contributed by atoms with van der Waals surface area (Å²) < 4.78 is 5.41. The van der Waals surface area contributed by atoms with Gasteiger partial charge in [0, 0.05) is 36.9 Å². The first-order valence-electron chi connectivity index (χ1n) is 14.0. The summed E-state index contributed by atoms with van der Waals surface area (Å²) in [5.74, 6) is 1.11.